The van der Waals surface area contributed by atoms with E-state index in [1.165, 1.54) is 44.1 Å². The summed E-state index contributed by atoms with van der Waals surface area (Å²) in [4.78, 5) is 0. The number of hydrogen-bond acceptors (Lipinski definition) is 0. The Morgan fingerprint density at radius 1 is 1.17 bits per heavy atom. The van der Waals surface area contributed by atoms with Gasteiger partial charge < -0.3 is 0 Å². The lowest BCUT2D eigenvalue weighted by Crippen LogP contribution is -1.96. The minimum atomic E-state index is 0.728. The Morgan fingerprint density at radius 3 is 2.33 bits per heavy atom. The topological polar surface area (TPSA) is 0 Å². The molecule has 0 nitrogen and oxygen atoms in total. The Morgan fingerprint density at radius 2 is 1.83 bits per heavy atom. The lowest BCUT2D eigenvalue weighted by Gasteiger charge is -2.11. The molecule has 0 rings (SSSR count). The van der Waals surface area contributed by atoms with E-state index >= 15 is 0 Å². The first-order valence-corrected chi connectivity index (χ1v) is 5.40. The standard InChI is InChI=1S/C12H24/c1-5-7-8-9-10-12(4)11(3)6-2/h11H,4-10H2,1-3H3. The molecule has 12 heavy (non-hydrogen) atoms. The third-order valence-electron chi connectivity index (χ3n) is 2.66. The average molecular weight is 168 g/mol. The lowest BCUT2D eigenvalue weighted by molar-refractivity contribution is 0.588. The van der Waals surface area contributed by atoms with Gasteiger partial charge in [0.2, 0.25) is 0 Å². The van der Waals surface area contributed by atoms with Crippen molar-refractivity contribution >= 4 is 0 Å². The molecule has 0 bridgehead atoms. The van der Waals surface area contributed by atoms with Gasteiger partial charge in [0.15, 0.2) is 0 Å². The Bertz CT molecular complexity index is 113. The molecule has 1 atom stereocenters. The molecule has 0 saturated heterocycles. The smallest absolute Gasteiger partial charge is 0.0237 e. The van der Waals surface area contributed by atoms with Gasteiger partial charge in [0.25, 0.3) is 0 Å². The molecule has 0 saturated carbocycles. The van der Waals surface area contributed by atoms with Gasteiger partial charge in [0.05, 0.1) is 0 Å². The Labute approximate surface area is 78.1 Å². The van der Waals surface area contributed by atoms with Gasteiger partial charge in [-0.2, -0.15) is 0 Å². The molecule has 0 radical (unpaired) electrons. The molecular weight excluding hydrogens is 144 g/mol. The maximum atomic E-state index is 4.12. The largest absolute Gasteiger partial charge is 0.0996 e. The molecule has 0 heteroatoms. The average Bonchev–Trinajstić information content (AvgIpc) is 2.10. The van der Waals surface area contributed by atoms with Crippen molar-refractivity contribution in [3.05, 3.63) is 12.2 Å². The summed E-state index contributed by atoms with van der Waals surface area (Å²) in [7, 11) is 0. The molecule has 0 aliphatic heterocycles. The highest BCUT2D eigenvalue weighted by molar-refractivity contribution is 4.98. The van der Waals surface area contributed by atoms with Crippen LogP contribution in [-0.2, 0) is 0 Å². The van der Waals surface area contributed by atoms with Gasteiger partial charge in [-0.3, -0.25) is 0 Å². The van der Waals surface area contributed by atoms with Gasteiger partial charge in [-0.05, 0) is 25.2 Å². The normalized spacial score (nSPS) is 12.9. The molecule has 0 heterocycles. The van der Waals surface area contributed by atoms with E-state index in [-0.39, 0.29) is 0 Å². The first-order valence-electron chi connectivity index (χ1n) is 5.40. The highest BCUT2D eigenvalue weighted by Gasteiger charge is 2.02. The molecule has 0 aliphatic carbocycles. The third-order valence-corrected chi connectivity index (χ3v) is 2.66. The van der Waals surface area contributed by atoms with E-state index in [4.69, 9.17) is 0 Å². The number of hydrogen-bond donors (Lipinski definition) is 0. The van der Waals surface area contributed by atoms with Crippen molar-refractivity contribution in [2.45, 2.75) is 59.3 Å². The van der Waals surface area contributed by atoms with Gasteiger partial charge in [0.1, 0.15) is 0 Å². The summed E-state index contributed by atoms with van der Waals surface area (Å²) in [5, 5.41) is 0. The van der Waals surface area contributed by atoms with Crippen molar-refractivity contribution in [3.63, 3.8) is 0 Å². The van der Waals surface area contributed by atoms with Gasteiger partial charge in [-0.1, -0.05) is 52.2 Å². The lowest BCUT2D eigenvalue weighted by atomic mass is 9.95. The van der Waals surface area contributed by atoms with Crippen molar-refractivity contribution in [1.82, 2.24) is 0 Å². The molecule has 0 amide bonds. The van der Waals surface area contributed by atoms with Crippen molar-refractivity contribution in [2.75, 3.05) is 0 Å². The fraction of sp³-hybridized carbons (Fsp3) is 0.833. The summed E-state index contributed by atoms with van der Waals surface area (Å²) < 4.78 is 0. The highest BCUT2D eigenvalue weighted by atomic mass is 14.1. The summed E-state index contributed by atoms with van der Waals surface area (Å²) in [5.74, 6) is 0.728. The number of allylic oxidation sites excluding steroid dienone is 1. The Balaban J connectivity index is 3.31. The highest BCUT2D eigenvalue weighted by Crippen LogP contribution is 2.18. The molecule has 0 fully saturated rings. The van der Waals surface area contributed by atoms with E-state index in [1.807, 2.05) is 0 Å². The Hall–Kier alpha value is -0.260. The van der Waals surface area contributed by atoms with Crippen molar-refractivity contribution in [2.24, 2.45) is 5.92 Å². The van der Waals surface area contributed by atoms with E-state index in [0.717, 1.165) is 5.92 Å². The zero-order valence-corrected chi connectivity index (χ0v) is 9.03. The fourth-order valence-electron chi connectivity index (χ4n) is 1.31. The molecule has 0 N–H and O–H groups in total. The van der Waals surface area contributed by atoms with E-state index in [2.05, 4.69) is 27.4 Å². The van der Waals surface area contributed by atoms with Crippen LogP contribution < -0.4 is 0 Å². The second kappa shape index (κ2) is 7.39. The van der Waals surface area contributed by atoms with Crippen LogP contribution in [0.1, 0.15) is 59.3 Å². The van der Waals surface area contributed by atoms with Crippen molar-refractivity contribution in [1.29, 1.82) is 0 Å². The summed E-state index contributed by atoms with van der Waals surface area (Å²) in [5.41, 5.74) is 1.45. The molecule has 0 spiro atoms. The second-order valence-electron chi connectivity index (χ2n) is 3.78. The predicted octanol–water partition coefficient (Wildman–Crippen LogP) is 4.56. The van der Waals surface area contributed by atoms with Crippen LogP contribution in [0.25, 0.3) is 0 Å². The molecule has 72 valence electrons. The summed E-state index contributed by atoms with van der Waals surface area (Å²) in [6.07, 6.45) is 7.92. The maximum Gasteiger partial charge on any atom is -0.0237 e. The second-order valence-corrected chi connectivity index (χ2v) is 3.78. The van der Waals surface area contributed by atoms with Crippen LogP contribution in [0.3, 0.4) is 0 Å². The van der Waals surface area contributed by atoms with Crippen LogP contribution in [0, 0.1) is 5.92 Å². The van der Waals surface area contributed by atoms with Gasteiger partial charge >= 0.3 is 0 Å². The summed E-state index contributed by atoms with van der Waals surface area (Å²) in [6.45, 7) is 10.9. The minimum absolute atomic E-state index is 0.728. The van der Waals surface area contributed by atoms with Crippen molar-refractivity contribution < 1.29 is 0 Å². The molecular formula is C12H24. The fourth-order valence-corrected chi connectivity index (χ4v) is 1.31. The number of unbranched alkanes of at least 4 members (excludes halogenated alkanes) is 3. The monoisotopic (exact) mass is 168 g/mol. The Kier molecular flexibility index (Phi) is 7.23. The van der Waals surface area contributed by atoms with E-state index in [9.17, 15) is 0 Å². The zero-order valence-electron chi connectivity index (χ0n) is 9.03. The van der Waals surface area contributed by atoms with Gasteiger partial charge in [-0.15, -0.1) is 0 Å². The van der Waals surface area contributed by atoms with Crippen LogP contribution in [-0.4, -0.2) is 0 Å². The minimum Gasteiger partial charge on any atom is -0.0996 e. The van der Waals surface area contributed by atoms with Crippen LogP contribution in [0.5, 0.6) is 0 Å². The maximum absolute atomic E-state index is 4.12. The quantitative estimate of drug-likeness (QED) is 0.386. The van der Waals surface area contributed by atoms with E-state index in [0.29, 0.717) is 0 Å². The number of rotatable bonds is 7. The van der Waals surface area contributed by atoms with Crippen LogP contribution >= 0.6 is 0 Å². The van der Waals surface area contributed by atoms with Crippen LogP contribution in [0.4, 0.5) is 0 Å². The third kappa shape index (κ3) is 5.40. The first kappa shape index (κ1) is 11.7. The molecule has 0 aromatic carbocycles. The van der Waals surface area contributed by atoms with E-state index < -0.39 is 0 Å². The van der Waals surface area contributed by atoms with Gasteiger partial charge in [-0.25, -0.2) is 0 Å². The van der Waals surface area contributed by atoms with E-state index in [1.54, 1.807) is 0 Å². The van der Waals surface area contributed by atoms with Crippen molar-refractivity contribution in [3.8, 4) is 0 Å². The van der Waals surface area contributed by atoms with Gasteiger partial charge in [0, 0.05) is 0 Å². The SMILES string of the molecule is C=C(CCCCCC)C(C)CC. The molecule has 0 aliphatic rings. The van der Waals surface area contributed by atoms with Crippen LogP contribution in [0.2, 0.25) is 0 Å². The van der Waals surface area contributed by atoms with Crippen LogP contribution in [0.15, 0.2) is 12.2 Å². The molecule has 0 aromatic rings. The summed E-state index contributed by atoms with van der Waals surface area (Å²) >= 11 is 0. The first-order chi connectivity index (χ1) is 5.72. The zero-order chi connectivity index (χ0) is 9.40. The molecule has 0 aromatic heterocycles. The summed E-state index contributed by atoms with van der Waals surface area (Å²) in [6, 6.07) is 0. The predicted molar refractivity (Wildman–Crippen MR) is 57.4 cm³/mol. The molecule has 1 unspecified atom stereocenters.